The van der Waals surface area contributed by atoms with Gasteiger partial charge in [0.15, 0.2) is 9.84 Å². The van der Waals surface area contributed by atoms with E-state index in [9.17, 15) is 8.42 Å². The van der Waals surface area contributed by atoms with Crippen LogP contribution in [0, 0.1) is 6.92 Å². The van der Waals surface area contributed by atoms with Gasteiger partial charge in [0.1, 0.15) is 0 Å². The molecule has 1 saturated heterocycles. The Labute approximate surface area is 162 Å². The van der Waals surface area contributed by atoms with Crippen molar-refractivity contribution < 1.29 is 17.9 Å². The zero-order chi connectivity index (χ0) is 19.7. The molecule has 0 amide bonds. The molecule has 156 valence electrons. The van der Waals surface area contributed by atoms with Crippen molar-refractivity contribution in [2.45, 2.75) is 39.9 Å². The van der Waals surface area contributed by atoms with E-state index in [0.29, 0.717) is 58.6 Å². The molecule has 1 aliphatic rings. The highest BCUT2D eigenvalue weighted by Crippen LogP contribution is 2.11. The number of aromatic nitrogens is 3. The van der Waals surface area contributed by atoms with Crippen LogP contribution in [0.2, 0.25) is 0 Å². The van der Waals surface area contributed by atoms with Gasteiger partial charge < -0.3 is 14.8 Å². The number of nitrogens with zero attached hydrogens (tertiary/aromatic N) is 4. The van der Waals surface area contributed by atoms with E-state index >= 15 is 0 Å². The monoisotopic (exact) mass is 403 g/mol. The Balaban J connectivity index is 1.60. The lowest BCUT2D eigenvalue weighted by molar-refractivity contribution is 0.0444. The molecule has 1 fully saturated rings. The van der Waals surface area contributed by atoms with Crippen LogP contribution in [0.1, 0.15) is 25.2 Å². The highest BCUT2D eigenvalue weighted by Gasteiger charge is 2.23. The molecule has 1 aliphatic heterocycles. The molecule has 9 nitrogen and oxygen atoms in total. The standard InChI is InChI=1S/C17H33N5O4S/c1-15(2)18-4-8-25-10-11-26-9-5-22-16(3)17(19-20-22)14-21-6-12-27(23,24)13-7-21/h15,18H,4-14H2,1-3H3. The molecule has 2 heterocycles. The molecule has 0 bridgehead atoms. The second kappa shape index (κ2) is 11.1. The molecule has 1 aromatic heterocycles. The molecule has 0 saturated carbocycles. The summed E-state index contributed by atoms with van der Waals surface area (Å²) in [5.74, 6) is 0.452. The van der Waals surface area contributed by atoms with Crippen LogP contribution in [0.15, 0.2) is 0 Å². The zero-order valence-corrected chi connectivity index (χ0v) is 17.5. The van der Waals surface area contributed by atoms with Gasteiger partial charge in [-0.2, -0.15) is 0 Å². The van der Waals surface area contributed by atoms with Gasteiger partial charge in [0.05, 0.1) is 55.9 Å². The minimum absolute atomic E-state index is 0.226. The Morgan fingerprint density at radius 1 is 1.11 bits per heavy atom. The van der Waals surface area contributed by atoms with Crippen molar-refractivity contribution in [3.63, 3.8) is 0 Å². The lowest BCUT2D eigenvalue weighted by Crippen LogP contribution is -2.39. The minimum Gasteiger partial charge on any atom is -0.378 e. The highest BCUT2D eigenvalue weighted by atomic mass is 32.2. The maximum absolute atomic E-state index is 11.5. The maximum Gasteiger partial charge on any atom is 0.152 e. The van der Waals surface area contributed by atoms with Gasteiger partial charge in [0.2, 0.25) is 0 Å². The third kappa shape index (κ3) is 8.22. The Morgan fingerprint density at radius 2 is 1.78 bits per heavy atom. The van der Waals surface area contributed by atoms with E-state index in [4.69, 9.17) is 9.47 Å². The predicted octanol–water partition coefficient (Wildman–Crippen LogP) is -0.152. The van der Waals surface area contributed by atoms with E-state index in [0.717, 1.165) is 17.9 Å². The van der Waals surface area contributed by atoms with Crippen LogP contribution in [-0.2, 0) is 32.4 Å². The molecule has 0 atom stereocenters. The highest BCUT2D eigenvalue weighted by molar-refractivity contribution is 7.91. The number of sulfone groups is 1. The Kier molecular flexibility index (Phi) is 9.10. The van der Waals surface area contributed by atoms with Crippen molar-refractivity contribution >= 4 is 9.84 Å². The first-order valence-electron chi connectivity index (χ1n) is 9.58. The third-order valence-corrected chi connectivity index (χ3v) is 6.12. The molecule has 10 heteroatoms. The minimum atomic E-state index is -2.86. The molecule has 27 heavy (non-hydrogen) atoms. The lowest BCUT2D eigenvalue weighted by Gasteiger charge is -2.25. The third-order valence-electron chi connectivity index (χ3n) is 4.51. The van der Waals surface area contributed by atoms with E-state index in [1.807, 2.05) is 11.6 Å². The number of ether oxygens (including phenoxy) is 2. The van der Waals surface area contributed by atoms with E-state index in [1.54, 1.807) is 0 Å². The van der Waals surface area contributed by atoms with Crippen LogP contribution < -0.4 is 5.32 Å². The van der Waals surface area contributed by atoms with Crippen molar-refractivity contribution in [1.29, 1.82) is 0 Å². The maximum atomic E-state index is 11.5. The van der Waals surface area contributed by atoms with Crippen LogP contribution in [0.5, 0.6) is 0 Å². The molecule has 1 aromatic rings. The van der Waals surface area contributed by atoms with Gasteiger partial charge >= 0.3 is 0 Å². The molecule has 0 unspecified atom stereocenters. The lowest BCUT2D eigenvalue weighted by atomic mass is 10.3. The van der Waals surface area contributed by atoms with Gasteiger partial charge in [-0.25, -0.2) is 13.1 Å². The van der Waals surface area contributed by atoms with Crippen LogP contribution >= 0.6 is 0 Å². The number of rotatable bonds is 12. The van der Waals surface area contributed by atoms with Gasteiger partial charge in [-0.1, -0.05) is 19.1 Å². The summed E-state index contributed by atoms with van der Waals surface area (Å²) in [6.45, 7) is 11.8. The molecule has 0 aliphatic carbocycles. The fraction of sp³-hybridized carbons (Fsp3) is 0.882. The molecule has 0 spiro atoms. The van der Waals surface area contributed by atoms with Gasteiger partial charge in [-0.15, -0.1) is 5.10 Å². The summed E-state index contributed by atoms with van der Waals surface area (Å²) in [7, 11) is -2.86. The molecular weight excluding hydrogens is 370 g/mol. The van der Waals surface area contributed by atoms with E-state index in [2.05, 4.69) is 34.4 Å². The summed E-state index contributed by atoms with van der Waals surface area (Å²) >= 11 is 0. The first kappa shape index (κ1) is 22.2. The van der Waals surface area contributed by atoms with Crippen molar-refractivity contribution in [2.24, 2.45) is 0 Å². The average Bonchev–Trinajstić information content (AvgIpc) is 2.95. The molecule has 1 N–H and O–H groups in total. The Bertz CT molecular complexity index is 648. The summed E-state index contributed by atoms with van der Waals surface area (Å²) in [5, 5.41) is 11.7. The van der Waals surface area contributed by atoms with E-state index < -0.39 is 9.84 Å². The summed E-state index contributed by atoms with van der Waals surface area (Å²) in [5.41, 5.74) is 1.90. The van der Waals surface area contributed by atoms with Gasteiger partial charge in [-0.3, -0.25) is 4.90 Å². The number of hydrogen-bond acceptors (Lipinski definition) is 8. The van der Waals surface area contributed by atoms with Gasteiger partial charge in [0, 0.05) is 32.2 Å². The first-order valence-corrected chi connectivity index (χ1v) is 11.4. The van der Waals surface area contributed by atoms with E-state index in [1.165, 1.54) is 0 Å². The second-order valence-electron chi connectivity index (χ2n) is 7.11. The summed E-state index contributed by atoms with van der Waals surface area (Å²) in [6, 6.07) is 0.476. The first-order chi connectivity index (χ1) is 12.9. The number of nitrogens with one attached hydrogen (secondary N) is 1. The molecular formula is C17H33N5O4S. The van der Waals surface area contributed by atoms with Crippen LogP contribution in [0.4, 0.5) is 0 Å². The van der Waals surface area contributed by atoms with Crippen molar-refractivity contribution in [2.75, 3.05) is 57.6 Å². The van der Waals surface area contributed by atoms with Crippen LogP contribution in [-0.4, -0.2) is 91.9 Å². The van der Waals surface area contributed by atoms with Gasteiger partial charge in [-0.05, 0) is 6.92 Å². The van der Waals surface area contributed by atoms with E-state index in [-0.39, 0.29) is 11.5 Å². The molecule has 2 rings (SSSR count). The molecule has 0 aromatic carbocycles. The second-order valence-corrected chi connectivity index (χ2v) is 9.41. The largest absolute Gasteiger partial charge is 0.378 e. The SMILES string of the molecule is Cc1c(CN2CCS(=O)(=O)CC2)nnn1CCOCCOCCNC(C)C. The Hall–Kier alpha value is -1.07. The quantitative estimate of drug-likeness (QED) is 0.481. The predicted molar refractivity (Wildman–Crippen MR) is 103 cm³/mol. The number of hydrogen-bond donors (Lipinski definition) is 1. The van der Waals surface area contributed by atoms with Crippen LogP contribution in [0.3, 0.4) is 0 Å². The van der Waals surface area contributed by atoms with Gasteiger partial charge in [0.25, 0.3) is 0 Å². The fourth-order valence-corrected chi connectivity index (χ4v) is 4.04. The summed E-state index contributed by atoms with van der Waals surface area (Å²) < 4.78 is 35.9. The normalized spacial score (nSPS) is 17.6. The van der Waals surface area contributed by atoms with Crippen LogP contribution in [0.25, 0.3) is 0 Å². The summed E-state index contributed by atoms with van der Waals surface area (Å²) in [6.07, 6.45) is 0. The topological polar surface area (TPSA) is 98.6 Å². The van der Waals surface area contributed by atoms with Crippen molar-refractivity contribution in [3.8, 4) is 0 Å². The fourth-order valence-electron chi connectivity index (χ4n) is 2.77. The average molecular weight is 404 g/mol. The van der Waals surface area contributed by atoms with Crippen molar-refractivity contribution in [3.05, 3.63) is 11.4 Å². The van der Waals surface area contributed by atoms with Crippen molar-refractivity contribution in [1.82, 2.24) is 25.2 Å². The zero-order valence-electron chi connectivity index (χ0n) is 16.7. The summed E-state index contributed by atoms with van der Waals surface area (Å²) in [4.78, 5) is 2.12. The smallest absolute Gasteiger partial charge is 0.152 e. The Morgan fingerprint density at radius 3 is 2.44 bits per heavy atom. The molecule has 0 radical (unpaired) electrons.